The van der Waals surface area contributed by atoms with Crippen LogP contribution in [0.4, 0.5) is 0 Å². The summed E-state index contributed by atoms with van der Waals surface area (Å²) in [5, 5.41) is 2.59. The van der Waals surface area contributed by atoms with Gasteiger partial charge < -0.3 is 4.42 Å². The number of fused-ring (bicyclic) bond motifs is 3. The van der Waals surface area contributed by atoms with E-state index in [-0.39, 0.29) is 0 Å². The molecule has 0 N–H and O–H groups in total. The third-order valence-corrected chi connectivity index (χ3v) is 3.35. The maximum absolute atomic E-state index is 6.08. The highest BCUT2D eigenvalue weighted by Gasteiger charge is 2.13. The summed E-state index contributed by atoms with van der Waals surface area (Å²) >= 11 is 6.08. The Morgan fingerprint density at radius 3 is 2.72 bits per heavy atom. The SMILES string of the molecule is CC(C)Cc1cccc2c1oc1c(Cl)nccc12. The van der Waals surface area contributed by atoms with Gasteiger partial charge in [-0.05, 0) is 24.0 Å². The third kappa shape index (κ3) is 1.77. The first-order valence-electron chi connectivity index (χ1n) is 6.11. The normalized spacial score (nSPS) is 11.8. The standard InChI is InChI=1S/C15H14ClNO/c1-9(2)8-10-4-3-5-11-12-6-7-17-15(16)14(12)18-13(10)11/h3-7,9H,8H2,1-2H3. The summed E-state index contributed by atoms with van der Waals surface area (Å²) in [5.41, 5.74) is 2.86. The average molecular weight is 260 g/mol. The number of benzene rings is 1. The molecule has 0 aliphatic heterocycles. The topological polar surface area (TPSA) is 26.0 Å². The molecule has 1 aromatic carbocycles. The molecule has 3 heteroatoms. The molecule has 0 radical (unpaired) electrons. The maximum Gasteiger partial charge on any atom is 0.172 e. The van der Waals surface area contributed by atoms with Crippen molar-refractivity contribution in [3.63, 3.8) is 0 Å². The van der Waals surface area contributed by atoms with Crippen LogP contribution in [0.5, 0.6) is 0 Å². The molecule has 0 spiro atoms. The van der Waals surface area contributed by atoms with Crippen LogP contribution in [0.3, 0.4) is 0 Å². The molecule has 2 heterocycles. The maximum atomic E-state index is 6.08. The summed E-state index contributed by atoms with van der Waals surface area (Å²) in [6.45, 7) is 4.41. The lowest BCUT2D eigenvalue weighted by atomic mass is 10.0. The number of halogens is 1. The van der Waals surface area contributed by atoms with Crippen LogP contribution in [-0.2, 0) is 6.42 Å². The Balaban J connectivity index is 2.35. The Morgan fingerprint density at radius 1 is 1.17 bits per heavy atom. The van der Waals surface area contributed by atoms with Crippen molar-refractivity contribution < 1.29 is 4.42 Å². The van der Waals surface area contributed by atoms with E-state index in [1.54, 1.807) is 6.20 Å². The van der Waals surface area contributed by atoms with E-state index in [1.165, 1.54) is 5.56 Å². The number of rotatable bonds is 2. The van der Waals surface area contributed by atoms with Crippen molar-refractivity contribution in [2.24, 2.45) is 5.92 Å². The van der Waals surface area contributed by atoms with E-state index in [0.717, 1.165) is 22.8 Å². The third-order valence-electron chi connectivity index (χ3n) is 3.08. The Bertz CT molecular complexity index is 715. The largest absolute Gasteiger partial charge is 0.453 e. The monoisotopic (exact) mass is 259 g/mol. The highest BCUT2D eigenvalue weighted by Crippen LogP contribution is 2.34. The zero-order valence-electron chi connectivity index (χ0n) is 10.4. The number of para-hydroxylation sites is 1. The molecule has 18 heavy (non-hydrogen) atoms. The molecule has 2 nitrogen and oxygen atoms in total. The smallest absolute Gasteiger partial charge is 0.172 e. The second kappa shape index (κ2) is 4.29. The molecule has 0 saturated carbocycles. The molecule has 0 aliphatic rings. The first kappa shape index (κ1) is 11.5. The number of aromatic nitrogens is 1. The molecule has 0 unspecified atom stereocenters. The Hall–Kier alpha value is -1.54. The van der Waals surface area contributed by atoms with Gasteiger partial charge in [-0.3, -0.25) is 0 Å². The van der Waals surface area contributed by atoms with Gasteiger partial charge in [-0.2, -0.15) is 0 Å². The number of hydrogen-bond acceptors (Lipinski definition) is 2. The summed E-state index contributed by atoms with van der Waals surface area (Å²) in [5.74, 6) is 0.595. The van der Waals surface area contributed by atoms with Crippen LogP contribution in [0.1, 0.15) is 19.4 Å². The van der Waals surface area contributed by atoms with E-state index in [9.17, 15) is 0 Å². The van der Waals surface area contributed by atoms with Gasteiger partial charge in [0.1, 0.15) is 5.58 Å². The van der Waals surface area contributed by atoms with E-state index in [4.69, 9.17) is 16.0 Å². The molecular formula is C15H14ClNO. The van der Waals surface area contributed by atoms with Gasteiger partial charge in [0.2, 0.25) is 0 Å². The highest BCUT2D eigenvalue weighted by atomic mass is 35.5. The number of nitrogens with zero attached hydrogens (tertiary/aromatic N) is 1. The van der Waals surface area contributed by atoms with Crippen molar-refractivity contribution in [2.45, 2.75) is 20.3 Å². The molecule has 0 amide bonds. The van der Waals surface area contributed by atoms with Gasteiger partial charge >= 0.3 is 0 Å². The summed E-state index contributed by atoms with van der Waals surface area (Å²) in [6, 6.07) is 8.21. The van der Waals surface area contributed by atoms with Gasteiger partial charge in [-0.15, -0.1) is 0 Å². The summed E-state index contributed by atoms with van der Waals surface area (Å²) < 4.78 is 5.92. The predicted octanol–water partition coefficient (Wildman–Crippen LogP) is 4.83. The van der Waals surface area contributed by atoms with E-state index in [0.29, 0.717) is 16.7 Å². The molecule has 3 rings (SSSR count). The molecular weight excluding hydrogens is 246 g/mol. The van der Waals surface area contributed by atoms with Crippen molar-refractivity contribution in [1.82, 2.24) is 4.98 Å². The Kier molecular flexibility index (Phi) is 2.75. The zero-order chi connectivity index (χ0) is 12.7. The molecule has 0 atom stereocenters. The number of hydrogen-bond donors (Lipinski definition) is 0. The molecule has 92 valence electrons. The fourth-order valence-corrected chi connectivity index (χ4v) is 2.55. The zero-order valence-corrected chi connectivity index (χ0v) is 11.2. The fourth-order valence-electron chi connectivity index (χ4n) is 2.35. The minimum Gasteiger partial charge on any atom is -0.453 e. The first-order chi connectivity index (χ1) is 8.66. The van der Waals surface area contributed by atoms with E-state index in [2.05, 4.69) is 37.0 Å². The average Bonchev–Trinajstić information content (AvgIpc) is 2.70. The molecule has 0 bridgehead atoms. The van der Waals surface area contributed by atoms with E-state index >= 15 is 0 Å². The molecule has 0 aliphatic carbocycles. The van der Waals surface area contributed by atoms with E-state index in [1.807, 2.05) is 6.07 Å². The van der Waals surface area contributed by atoms with Crippen LogP contribution < -0.4 is 0 Å². The molecule has 0 fully saturated rings. The molecule has 3 aromatic rings. The first-order valence-corrected chi connectivity index (χ1v) is 6.49. The van der Waals surface area contributed by atoms with Crippen molar-refractivity contribution in [3.05, 3.63) is 41.2 Å². The minimum absolute atomic E-state index is 0.430. The van der Waals surface area contributed by atoms with Gasteiger partial charge in [0, 0.05) is 17.0 Å². The van der Waals surface area contributed by atoms with Gasteiger partial charge in [0.25, 0.3) is 0 Å². The van der Waals surface area contributed by atoms with Crippen LogP contribution >= 0.6 is 11.6 Å². The second-order valence-electron chi connectivity index (χ2n) is 4.97. The quantitative estimate of drug-likeness (QED) is 0.616. The van der Waals surface area contributed by atoms with Crippen molar-refractivity contribution in [2.75, 3.05) is 0 Å². The predicted molar refractivity (Wildman–Crippen MR) is 75.1 cm³/mol. The van der Waals surface area contributed by atoms with Crippen LogP contribution in [-0.4, -0.2) is 4.98 Å². The van der Waals surface area contributed by atoms with Gasteiger partial charge in [0.15, 0.2) is 10.7 Å². The summed E-state index contributed by atoms with van der Waals surface area (Å²) in [4.78, 5) is 4.06. The lowest BCUT2D eigenvalue weighted by molar-refractivity contribution is 0.623. The summed E-state index contributed by atoms with van der Waals surface area (Å²) in [6.07, 6.45) is 2.72. The van der Waals surface area contributed by atoms with Crippen molar-refractivity contribution in [1.29, 1.82) is 0 Å². The summed E-state index contributed by atoms with van der Waals surface area (Å²) in [7, 11) is 0. The molecule has 0 saturated heterocycles. The second-order valence-corrected chi connectivity index (χ2v) is 5.33. The van der Waals surface area contributed by atoms with Crippen LogP contribution in [0, 0.1) is 5.92 Å². The van der Waals surface area contributed by atoms with E-state index < -0.39 is 0 Å². The van der Waals surface area contributed by atoms with Gasteiger partial charge in [0.05, 0.1) is 0 Å². The van der Waals surface area contributed by atoms with Crippen molar-refractivity contribution in [3.8, 4) is 0 Å². The van der Waals surface area contributed by atoms with Crippen LogP contribution in [0.15, 0.2) is 34.9 Å². The van der Waals surface area contributed by atoms with Gasteiger partial charge in [-0.1, -0.05) is 43.6 Å². The number of furan rings is 1. The molecule has 2 aromatic heterocycles. The highest BCUT2D eigenvalue weighted by molar-refractivity contribution is 6.34. The van der Waals surface area contributed by atoms with Crippen LogP contribution in [0.25, 0.3) is 21.9 Å². The Morgan fingerprint density at radius 2 is 1.94 bits per heavy atom. The Labute approximate surface area is 111 Å². The van der Waals surface area contributed by atoms with Crippen LogP contribution in [0.2, 0.25) is 5.15 Å². The number of pyridine rings is 1. The van der Waals surface area contributed by atoms with Crippen molar-refractivity contribution >= 4 is 33.5 Å². The lowest BCUT2D eigenvalue weighted by Crippen LogP contribution is -1.93. The van der Waals surface area contributed by atoms with Gasteiger partial charge in [-0.25, -0.2) is 4.98 Å². The lowest BCUT2D eigenvalue weighted by Gasteiger charge is -2.04. The fraction of sp³-hybridized carbons (Fsp3) is 0.267. The minimum atomic E-state index is 0.430.